The normalized spacial score (nSPS) is 11.9. The summed E-state index contributed by atoms with van der Waals surface area (Å²) < 4.78 is 0. The molecule has 0 spiro atoms. The summed E-state index contributed by atoms with van der Waals surface area (Å²) in [6.07, 6.45) is 0. The molecule has 1 atom stereocenters. The van der Waals surface area contributed by atoms with Crippen LogP contribution in [0.5, 0.6) is 0 Å². The number of hydrogen-bond acceptors (Lipinski definition) is 4. The van der Waals surface area contributed by atoms with Gasteiger partial charge >= 0.3 is 0 Å². The fraction of sp³-hybridized carbons (Fsp3) is 0.500. The van der Waals surface area contributed by atoms with Crippen LogP contribution < -0.4 is 0 Å². The molecule has 0 aliphatic carbocycles. The molecule has 1 aromatic rings. The molecule has 0 N–H and O–H groups in total. The topological polar surface area (TPSA) is 57.0 Å². The molecule has 15 heavy (non-hydrogen) atoms. The average molecular weight is 223 g/mol. The number of nitriles is 1. The van der Waals surface area contributed by atoms with Crippen molar-refractivity contribution in [1.82, 2.24) is 9.88 Å². The summed E-state index contributed by atoms with van der Waals surface area (Å²) in [6, 6.07) is 1.94. The summed E-state index contributed by atoms with van der Waals surface area (Å²) in [5, 5.41) is 8.63. The van der Waals surface area contributed by atoms with Crippen LogP contribution in [0.1, 0.15) is 17.5 Å². The summed E-state index contributed by atoms with van der Waals surface area (Å²) in [5.74, 6) is -0.728. The van der Waals surface area contributed by atoms with Crippen molar-refractivity contribution in [3.63, 3.8) is 0 Å². The van der Waals surface area contributed by atoms with Gasteiger partial charge < -0.3 is 4.90 Å². The lowest BCUT2D eigenvalue weighted by molar-refractivity contribution is -0.132. The zero-order chi connectivity index (χ0) is 11.4. The van der Waals surface area contributed by atoms with Gasteiger partial charge in [-0.05, 0) is 13.8 Å². The van der Waals surface area contributed by atoms with E-state index < -0.39 is 5.92 Å². The largest absolute Gasteiger partial charge is 0.339 e. The van der Waals surface area contributed by atoms with Gasteiger partial charge in [-0.3, -0.25) is 4.79 Å². The van der Waals surface area contributed by atoms with E-state index in [0.29, 0.717) is 6.54 Å². The van der Waals surface area contributed by atoms with Gasteiger partial charge in [0.15, 0.2) is 0 Å². The Morgan fingerprint density at radius 3 is 2.93 bits per heavy atom. The molecule has 0 aliphatic heterocycles. The van der Waals surface area contributed by atoms with E-state index in [1.165, 1.54) is 11.3 Å². The van der Waals surface area contributed by atoms with Crippen molar-refractivity contribution in [1.29, 1.82) is 5.26 Å². The quantitative estimate of drug-likeness (QED) is 0.781. The van der Waals surface area contributed by atoms with Gasteiger partial charge in [0, 0.05) is 11.9 Å². The number of rotatable bonds is 3. The van der Waals surface area contributed by atoms with Gasteiger partial charge in [0.2, 0.25) is 5.91 Å². The Morgan fingerprint density at radius 1 is 1.80 bits per heavy atom. The maximum absolute atomic E-state index is 11.6. The van der Waals surface area contributed by atoms with Gasteiger partial charge in [-0.2, -0.15) is 5.26 Å². The Morgan fingerprint density at radius 2 is 2.47 bits per heavy atom. The van der Waals surface area contributed by atoms with Gasteiger partial charge in [0.25, 0.3) is 0 Å². The molecule has 0 fully saturated rings. The first kappa shape index (κ1) is 11.7. The van der Waals surface area contributed by atoms with Crippen LogP contribution in [-0.2, 0) is 11.3 Å². The summed E-state index contributed by atoms with van der Waals surface area (Å²) in [6.45, 7) is 4.05. The van der Waals surface area contributed by atoms with Gasteiger partial charge in [-0.15, -0.1) is 11.3 Å². The fourth-order valence-electron chi connectivity index (χ4n) is 1.16. The Balaban J connectivity index is 2.65. The molecule has 4 nitrogen and oxygen atoms in total. The van der Waals surface area contributed by atoms with E-state index in [9.17, 15) is 4.79 Å². The molecule has 0 aliphatic rings. The number of nitrogens with zero attached hydrogens (tertiary/aromatic N) is 3. The highest BCUT2D eigenvalue weighted by molar-refractivity contribution is 7.09. The van der Waals surface area contributed by atoms with Crippen molar-refractivity contribution >= 4 is 17.2 Å². The SMILES string of the molecule is Cc1ncsc1CN(C)C(=O)C(C)C#N. The third kappa shape index (κ3) is 2.77. The minimum Gasteiger partial charge on any atom is -0.339 e. The number of hydrogen-bond donors (Lipinski definition) is 0. The molecule has 0 radical (unpaired) electrons. The molecule has 80 valence electrons. The second-order valence-electron chi connectivity index (χ2n) is 3.41. The molecule has 1 heterocycles. The van der Waals surface area contributed by atoms with Crippen molar-refractivity contribution in [3.8, 4) is 6.07 Å². The molecule has 5 heteroatoms. The van der Waals surface area contributed by atoms with Gasteiger partial charge in [-0.25, -0.2) is 4.98 Å². The van der Waals surface area contributed by atoms with E-state index in [1.54, 1.807) is 24.4 Å². The summed E-state index contributed by atoms with van der Waals surface area (Å²) in [7, 11) is 1.70. The molecule has 0 saturated carbocycles. The highest BCUT2D eigenvalue weighted by Gasteiger charge is 2.17. The predicted molar refractivity (Wildman–Crippen MR) is 58.1 cm³/mol. The monoisotopic (exact) mass is 223 g/mol. The minimum absolute atomic E-state index is 0.148. The molecule has 1 aromatic heterocycles. The number of carbonyl (C=O) groups is 1. The van der Waals surface area contributed by atoms with Crippen molar-refractivity contribution in [2.24, 2.45) is 5.92 Å². The third-order valence-electron chi connectivity index (χ3n) is 2.17. The Bertz CT molecular complexity index is 394. The average Bonchev–Trinajstić information content (AvgIpc) is 2.62. The van der Waals surface area contributed by atoms with Crippen LogP contribution in [0.25, 0.3) is 0 Å². The van der Waals surface area contributed by atoms with Crippen LogP contribution in [0.2, 0.25) is 0 Å². The molecular weight excluding hydrogens is 210 g/mol. The highest BCUT2D eigenvalue weighted by atomic mass is 32.1. The third-order valence-corrected chi connectivity index (χ3v) is 3.09. The zero-order valence-corrected chi connectivity index (χ0v) is 9.84. The first-order chi connectivity index (χ1) is 7.06. The number of carbonyl (C=O) groups excluding carboxylic acids is 1. The van der Waals surface area contributed by atoms with Crippen LogP contribution in [0.4, 0.5) is 0 Å². The smallest absolute Gasteiger partial charge is 0.239 e. The Hall–Kier alpha value is -1.41. The van der Waals surface area contributed by atoms with Gasteiger partial charge in [-0.1, -0.05) is 0 Å². The Kier molecular flexibility index (Phi) is 3.81. The van der Waals surface area contributed by atoms with Crippen molar-refractivity contribution < 1.29 is 4.79 Å². The second-order valence-corrected chi connectivity index (χ2v) is 4.35. The van der Waals surface area contributed by atoms with Crippen molar-refractivity contribution in [3.05, 3.63) is 16.1 Å². The number of aromatic nitrogens is 1. The lowest BCUT2D eigenvalue weighted by atomic mass is 10.2. The maximum Gasteiger partial charge on any atom is 0.239 e. The van der Waals surface area contributed by atoms with E-state index in [2.05, 4.69) is 4.98 Å². The summed E-state index contributed by atoms with van der Waals surface area (Å²) in [5.41, 5.74) is 2.71. The molecule has 0 bridgehead atoms. The van der Waals surface area contributed by atoms with Crippen LogP contribution in [0.3, 0.4) is 0 Å². The molecular formula is C10H13N3OS. The van der Waals surface area contributed by atoms with Crippen molar-refractivity contribution in [2.75, 3.05) is 7.05 Å². The van der Waals surface area contributed by atoms with Gasteiger partial charge in [0.1, 0.15) is 5.92 Å². The first-order valence-electron chi connectivity index (χ1n) is 4.59. The summed E-state index contributed by atoms with van der Waals surface area (Å²) >= 11 is 1.53. The lowest BCUT2D eigenvalue weighted by Gasteiger charge is -2.17. The van der Waals surface area contributed by atoms with Crippen molar-refractivity contribution in [2.45, 2.75) is 20.4 Å². The maximum atomic E-state index is 11.6. The van der Waals surface area contributed by atoms with E-state index >= 15 is 0 Å². The number of thiazole rings is 1. The molecule has 1 rings (SSSR count). The second kappa shape index (κ2) is 4.89. The van der Waals surface area contributed by atoms with Gasteiger partial charge in [0.05, 0.1) is 23.8 Å². The molecule has 0 saturated heterocycles. The highest BCUT2D eigenvalue weighted by Crippen LogP contribution is 2.15. The van der Waals surface area contributed by atoms with Crippen LogP contribution in [-0.4, -0.2) is 22.8 Å². The summed E-state index contributed by atoms with van der Waals surface area (Å²) in [4.78, 5) is 18.3. The standard InChI is InChI=1S/C10H13N3OS/c1-7(4-11)10(14)13(3)5-9-8(2)12-6-15-9/h6-7H,5H2,1-3H3. The number of aryl methyl sites for hydroxylation is 1. The fourth-order valence-corrected chi connectivity index (χ4v) is 1.99. The van der Waals surface area contributed by atoms with Crippen LogP contribution in [0, 0.1) is 24.2 Å². The predicted octanol–water partition coefficient (Wildman–Crippen LogP) is 1.57. The number of amides is 1. The Labute approximate surface area is 93.2 Å². The van der Waals surface area contributed by atoms with Crippen LogP contribution in [0.15, 0.2) is 5.51 Å². The molecule has 0 aromatic carbocycles. The molecule has 1 unspecified atom stereocenters. The first-order valence-corrected chi connectivity index (χ1v) is 5.47. The minimum atomic E-state index is -0.580. The molecule has 1 amide bonds. The van der Waals surface area contributed by atoms with E-state index in [-0.39, 0.29) is 5.91 Å². The van der Waals surface area contributed by atoms with Crippen LogP contribution >= 0.6 is 11.3 Å². The zero-order valence-electron chi connectivity index (χ0n) is 9.02. The van der Waals surface area contributed by atoms with E-state index in [1.807, 2.05) is 13.0 Å². The lowest BCUT2D eigenvalue weighted by Crippen LogP contribution is -2.30. The van der Waals surface area contributed by atoms with E-state index in [4.69, 9.17) is 5.26 Å². The van der Waals surface area contributed by atoms with E-state index in [0.717, 1.165) is 10.6 Å².